The van der Waals surface area contributed by atoms with Gasteiger partial charge < -0.3 is 19.1 Å². The molecule has 6 nitrogen and oxygen atoms in total. The van der Waals surface area contributed by atoms with Crippen LogP contribution in [0.25, 0.3) is 11.5 Å². The van der Waals surface area contributed by atoms with Crippen molar-refractivity contribution < 1.29 is 19.1 Å². The Morgan fingerprint density at radius 2 is 1.88 bits per heavy atom. The highest BCUT2D eigenvalue weighted by Crippen LogP contribution is 2.21. The first-order chi connectivity index (χ1) is 7.65. The van der Waals surface area contributed by atoms with Gasteiger partial charge in [-0.3, -0.25) is 0 Å². The Kier molecular flexibility index (Phi) is 2.89. The summed E-state index contributed by atoms with van der Waals surface area (Å²) in [5.41, 5.74) is 0.736. The molecular formula is C9H9BN2O4. The Bertz CT molecular complexity index is 469. The van der Waals surface area contributed by atoms with Crippen LogP contribution in [0.3, 0.4) is 0 Å². The summed E-state index contributed by atoms with van der Waals surface area (Å²) in [5, 5.41) is 24.7. The van der Waals surface area contributed by atoms with Gasteiger partial charge in [0.2, 0.25) is 11.8 Å². The van der Waals surface area contributed by atoms with E-state index >= 15 is 0 Å². The predicted molar refractivity (Wildman–Crippen MR) is 55.3 cm³/mol. The second kappa shape index (κ2) is 4.34. The van der Waals surface area contributed by atoms with Crippen molar-refractivity contribution in [1.82, 2.24) is 10.2 Å². The maximum Gasteiger partial charge on any atom is 0.707 e. The fraction of sp³-hybridized carbons (Fsp3) is 0.111. The first-order valence-electron chi connectivity index (χ1n) is 4.58. The third kappa shape index (κ3) is 2.39. The molecule has 2 N–H and O–H groups in total. The highest BCUT2D eigenvalue weighted by Gasteiger charge is 2.11. The Hall–Kier alpha value is -1.86. The molecule has 82 valence electrons. The third-order valence-corrected chi connectivity index (χ3v) is 1.87. The second-order valence-corrected chi connectivity index (χ2v) is 3.09. The number of aromatic nitrogens is 2. The van der Waals surface area contributed by atoms with Crippen LogP contribution in [0.4, 0.5) is 0 Å². The molecule has 0 spiro atoms. The van der Waals surface area contributed by atoms with Gasteiger partial charge in [-0.1, -0.05) is 0 Å². The van der Waals surface area contributed by atoms with E-state index in [-0.39, 0.29) is 0 Å². The molecule has 1 aromatic carbocycles. The van der Waals surface area contributed by atoms with Gasteiger partial charge in [0.25, 0.3) is 0 Å². The number of aryl methyl sites for hydroxylation is 1. The number of benzene rings is 1. The van der Waals surface area contributed by atoms with Gasteiger partial charge in [0.1, 0.15) is 5.75 Å². The standard InChI is InChI=1S/C9H9BN2O4/c1-6-11-12-9(15-6)7-2-4-8(5-3-7)16-10(13)14/h2-5,13-14H,1H3. The van der Waals surface area contributed by atoms with E-state index in [0.717, 1.165) is 5.56 Å². The summed E-state index contributed by atoms with van der Waals surface area (Å²) in [6.07, 6.45) is 0. The maximum absolute atomic E-state index is 8.59. The molecule has 0 aliphatic rings. The van der Waals surface area contributed by atoms with Crippen molar-refractivity contribution in [2.75, 3.05) is 0 Å². The van der Waals surface area contributed by atoms with Gasteiger partial charge in [-0.15, -0.1) is 10.2 Å². The van der Waals surface area contributed by atoms with Gasteiger partial charge in [-0.25, -0.2) is 0 Å². The largest absolute Gasteiger partial charge is 0.707 e. The first kappa shape index (κ1) is 10.7. The molecule has 0 saturated carbocycles. The van der Waals surface area contributed by atoms with Crippen molar-refractivity contribution in [3.05, 3.63) is 30.2 Å². The third-order valence-electron chi connectivity index (χ3n) is 1.87. The van der Waals surface area contributed by atoms with Gasteiger partial charge in [-0.2, -0.15) is 0 Å². The van der Waals surface area contributed by atoms with Crippen LogP contribution in [0.5, 0.6) is 5.75 Å². The minimum absolute atomic E-state index is 0.343. The Morgan fingerprint density at radius 1 is 1.19 bits per heavy atom. The molecule has 0 bridgehead atoms. The van der Waals surface area contributed by atoms with E-state index in [1.807, 2.05) is 0 Å². The van der Waals surface area contributed by atoms with E-state index < -0.39 is 7.32 Å². The molecule has 0 aliphatic heterocycles. The van der Waals surface area contributed by atoms with Gasteiger partial charge in [0.05, 0.1) is 0 Å². The lowest BCUT2D eigenvalue weighted by Gasteiger charge is -2.03. The van der Waals surface area contributed by atoms with Crippen molar-refractivity contribution in [3.63, 3.8) is 0 Å². The molecular weight excluding hydrogens is 211 g/mol. The summed E-state index contributed by atoms with van der Waals surface area (Å²) >= 11 is 0. The summed E-state index contributed by atoms with van der Waals surface area (Å²) in [4.78, 5) is 0. The van der Waals surface area contributed by atoms with Crippen LogP contribution in [0, 0.1) is 6.92 Å². The van der Waals surface area contributed by atoms with E-state index in [1.54, 1.807) is 31.2 Å². The lowest BCUT2D eigenvalue weighted by molar-refractivity contribution is 0.288. The van der Waals surface area contributed by atoms with Crippen molar-refractivity contribution in [1.29, 1.82) is 0 Å². The van der Waals surface area contributed by atoms with Crippen LogP contribution in [0.1, 0.15) is 5.89 Å². The molecule has 1 heterocycles. The van der Waals surface area contributed by atoms with Crippen molar-refractivity contribution in [2.24, 2.45) is 0 Å². The molecule has 0 amide bonds. The van der Waals surface area contributed by atoms with Crippen LogP contribution < -0.4 is 4.65 Å². The van der Waals surface area contributed by atoms with E-state index in [1.165, 1.54) is 0 Å². The monoisotopic (exact) mass is 220 g/mol. The van der Waals surface area contributed by atoms with Gasteiger partial charge in [0.15, 0.2) is 0 Å². The highest BCUT2D eigenvalue weighted by atomic mass is 16.6. The number of hydrogen-bond acceptors (Lipinski definition) is 6. The van der Waals surface area contributed by atoms with Crippen LogP contribution in [0.2, 0.25) is 0 Å². The lowest BCUT2D eigenvalue weighted by Crippen LogP contribution is -2.20. The zero-order chi connectivity index (χ0) is 11.5. The second-order valence-electron chi connectivity index (χ2n) is 3.09. The quantitative estimate of drug-likeness (QED) is 0.727. The normalized spacial score (nSPS) is 10.2. The molecule has 0 fully saturated rings. The fourth-order valence-corrected chi connectivity index (χ4v) is 1.21. The smallest absolute Gasteiger partial charge is 0.512 e. The predicted octanol–water partition coefficient (Wildman–Crippen LogP) is 0.393. The van der Waals surface area contributed by atoms with Gasteiger partial charge in [0, 0.05) is 12.5 Å². The minimum Gasteiger partial charge on any atom is -0.512 e. The van der Waals surface area contributed by atoms with E-state index in [0.29, 0.717) is 17.5 Å². The first-order valence-corrected chi connectivity index (χ1v) is 4.58. The molecule has 2 aromatic rings. The van der Waals surface area contributed by atoms with E-state index in [2.05, 4.69) is 14.9 Å². The number of hydrogen-bond donors (Lipinski definition) is 2. The molecule has 0 unspecified atom stereocenters. The number of rotatable bonds is 3. The fourth-order valence-electron chi connectivity index (χ4n) is 1.21. The van der Waals surface area contributed by atoms with Crippen LogP contribution in [0.15, 0.2) is 28.7 Å². The molecule has 0 atom stereocenters. The van der Waals surface area contributed by atoms with Crippen LogP contribution >= 0.6 is 0 Å². The number of nitrogens with zero attached hydrogens (tertiary/aromatic N) is 2. The topological polar surface area (TPSA) is 88.6 Å². The minimum atomic E-state index is -1.82. The van der Waals surface area contributed by atoms with Crippen molar-refractivity contribution >= 4 is 7.32 Å². The van der Waals surface area contributed by atoms with Gasteiger partial charge in [-0.05, 0) is 24.3 Å². The average Bonchev–Trinajstić information content (AvgIpc) is 2.65. The Balaban J connectivity index is 2.19. The molecule has 16 heavy (non-hydrogen) atoms. The maximum atomic E-state index is 8.59. The molecule has 0 saturated heterocycles. The lowest BCUT2D eigenvalue weighted by atomic mass is 10.2. The van der Waals surface area contributed by atoms with Crippen molar-refractivity contribution in [2.45, 2.75) is 6.92 Å². The molecule has 0 radical (unpaired) electrons. The summed E-state index contributed by atoms with van der Waals surface area (Å²) in [7, 11) is -1.82. The molecule has 2 rings (SSSR count). The van der Waals surface area contributed by atoms with E-state index in [4.69, 9.17) is 14.5 Å². The molecule has 1 aromatic heterocycles. The molecule has 7 heteroatoms. The SMILES string of the molecule is Cc1nnc(-c2ccc(OB(O)O)cc2)o1. The zero-order valence-corrected chi connectivity index (χ0v) is 8.49. The van der Waals surface area contributed by atoms with Crippen LogP contribution in [-0.2, 0) is 0 Å². The summed E-state index contributed by atoms with van der Waals surface area (Å²) in [6, 6.07) is 6.53. The van der Waals surface area contributed by atoms with E-state index in [9.17, 15) is 0 Å². The Labute approximate surface area is 91.7 Å². The summed E-state index contributed by atoms with van der Waals surface area (Å²) in [5.74, 6) is 1.24. The summed E-state index contributed by atoms with van der Waals surface area (Å²) < 4.78 is 9.88. The Morgan fingerprint density at radius 3 is 2.38 bits per heavy atom. The molecule has 0 aliphatic carbocycles. The van der Waals surface area contributed by atoms with Crippen LogP contribution in [-0.4, -0.2) is 27.6 Å². The zero-order valence-electron chi connectivity index (χ0n) is 8.49. The van der Waals surface area contributed by atoms with Gasteiger partial charge >= 0.3 is 7.32 Å². The average molecular weight is 220 g/mol. The van der Waals surface area contributed by atoms with Crippen molar-refractivity contribution in [3.8, 4) is 17.2 Å². The summed E-state index contributed by atoms with van der Waals surface area (Å²) in [6.45, 7) is 1.70. The highest BCUT2D eigenvalue weighted by molar-refractivity contribution is 6.33.